The molecule has 0 aliphatic carbocycles. The Balaban J connectivity index is 2.54. The molecule has 0 radical (unpaired) electrons. The van der Waals surface area contributed by atoms with Crippen LogP contribution in [-0.4, -0.2) is 11.3 Å². The lowest BCUT2D eigenvalue weighted by molar-refractivity contribution is 0.112. The van der Waals surface area contributed by atoms with Crippen LogP contribution in [0.4, 0.5) is 0 Å². The Labute approximate surface area is 94.6 Å². The standard InChI is InChI=1S/C14H13NO/c1-2-5-11-6-3-4-7-12(11)13-8-9-15-14(13)10-16/h2-4,6-10,15H,1,5H2. The van der Waals surface area contributed by atoms with Gasteiger partial charge >= 0.3 is 0 Å². The van der Waals surface area contributed by atoms with Crippen LogP contribution in [0.3, 0.4) is 0 Å². The number of aromatic amines is 1. The topological polar surface area (TPSA) is 32.9 Å². The highest BCUT2D eigenvalue weighted by Gasteiger charge is 2.08. The van der Waals surface area contributed by atoms with Gasteiger partial charge in [-0.3, -0.25) is 4.79 Å². The number of carbonyl (C=O) groups excluding carboxylic acids is 1. The lowest BCUT2D eigenvalue weighted by Gasteiger charge is -2.06. The van der Waals surface area contributed by atoms with Crippen LogP contribution in [0.1, 0.15) is 16.1 Å². The van der Waals surface area contributed by atoms with Crippen LogP contribution in [0.2, 0.25) is 0 Å². The summed E-state index contributed by atoms with van der Waals surface area (Å²) in [6, 6.07) is 9.97. The Hall–Kier alpha value is -2.09. The number of aromatic nitrogens is 1. The molecule has 0 atom stereocenters. The van der Waals surface area contributed by atoms with Gasteiger partial charge in [-0.2, -0.15) is 0 Å². The first-order chi connectivity index (χ1) is 7.86. The number of aldehydes is 1. The molecule has 2 heteroatoms. The van der Waals surface area contributed by atoms with Gasteiger partial charge in [0.2, 0.25) is 0 Å². The summed E-state index contributed by atoms with van der Waals surface area (Å²) in [6.07, 6.45) is 5.30. The van der Waals surface area contributed by atoms with Crippen molar-refractivity contribution in [3.63, 3.8) is 0 Å². The van der Waals surface area contributed by atoms with Crippen LogP contribution in [0, 0.1) is 0 Å². The zero-order valence-corrected chi connectivity index (χ0v) is 8.94. The Morgan fingerprint density at radius 3 is 2.75 bits per heavy atom. The highest BCUT2D eigenvalue weighted by molar-refractivity contribution is 5.86. The minimum absolute atomic E-state index is 0.622. The number of hydrogen-bond acceptors (Lipinski definition) is 1. The highest BCUT2D eigenvalue weighted by atomic mass is 16.1. The fourth-order valence-corrected chi connectivity index (χ4v) is 1.83. The summed E-state index contributed by atoms with van der Waals surface area (Å²) in [5.74, 6) is 0. The Kier molecular flexibility index (Phi) is 3.01. The van der Waals surface area contributed by atoms with E-state index in [2.05, 4.69) is 17.6 Å². The van der Waals surface area contributed by atoms with Crippen molar-refractivity contribution in [2.24, 2.45) is 0 Å². The van der Waals surface area contributed by atoms with Crippen molar-refractivity contribution < 1.29 is 4.79 Å². The predicted molar refractivity (Wildman–Crippen MR) is 65.5 cm³/mol. The molecule has 2 nitrogen and oxygen atoms in total. The van der Waals surface area contributed by atoms with E-state index in [1.165, 1.54) is 5.56 Å². The van der Waals surface area contributed by atoms with E-state index in [-0.39, 0.29) is 0 Å². The van der Waals surface area contributed by atoms with Crippen LogP contribution in [-0.2, 0) is 6.42 Å². The van der Waals surface area contributed by atoms with Gasteiger partial charge in [-0.1, -0.05) is 30.3 Å². The van der Waals surface area contributed by atoms with Crippen molar-refractivity contribution in [2.75, 3.05) is 0 Å². The van der Waals surface area contributed by atoms with E-state index in [9.17, 15) is 4.79 Å². The summed E-state index contributed by atoms with van der Waals surface area (Å²) < 4.78 is 0. The van der Waals surface area contributed by atoms with Gasteiger partial charge in [-0.25, -0.2) is 0 Å². The van der Waals surface area contributed by atoms with Crippen LogP contribution >= 0.6 is 0 Å². The molecule has 1 heterocycles. The summed E-state index contributed by atoms with van der Waals surface area (Å²) >= 11 is 0. The van der Waals surface area contributed by atoms with Gasteiger partial charge in [0.05, 0.1) is 5.69 Å². The normalized spacial score (nSPS) is 10.0. The average molecular weight is 211 g/mol. The molecule has 0 saturated heterocycles. The van der Waals surface area contributed by atoms with Gasteiger partial charge in [0.1, 0.15) is 0 Å². The number of nitrogens with one attached hydrogen (secondary N) is 1. The van der Waals surface area contributed by atoms with Gasteiger partial charge in [0.25, 0.3) is 0 Å². The number of rotatable bonds is 4. The molecule has 1 aromatic heterocycles. The van der Waals surface area contributed by atoms with E-state index in [0.717, 1.165) is 23.8 Å². The molecule has 0 fully saturated rings. The SMILES string of the molecule is C=CCc1ccccc1-c1cc[nH]c1C=O. The van der Waals surface area contributed by atoms with E-state index in [0.29, 0.717) is 5.69 Å². The molecule has 0 unspecified atom stereocenters. The Morgan fingerprint density at radius 2 is 2.00 bits per heavy atom. The Bertz CT molecular complexity index is 511. The minimum atomic E-state index is 0.622. The van der Waals surface area contributed by atoms with Crippen molar-refractivity contribution >= 4 is 6.29 Å². The summed E-state index contributed by atoms with van der Waals surface area (Å²) in [6.45, 7) is 3.74. The maximum atomic E-state index is 10.9. The number of benzene rings is 1. The molecule has 0 aliphatic heterocycles. The molecule has 16 heavy (non-hydrogen) atoms. The van der Waals surface area contributed by atoms with Gasteiger partial charge < -0.3 is 4.98 Å². The molecule has 0 amide bonds. The maximum absolute atomic E-state index is 10.9. The van der Waals surface area contributed by atoms with Crippen molar-refractivity contribution in [2.45, 2.75) is 6.42 Å². The van der Waals surface area contributed by atoms with E-state index in [4.69, 9.17) is 0 Å². The molecular formula is C14H13NO. The summed E-state index contributed by atoms with van der Waals surface area (Å²) in [5.41, 5.74) is 3.84. The van der Waals surface area contributed by atoms with E-state index >= 15 is 0 Å². The van der Waals surface area contributed by atoms with E-state index < -0.39 is 0 Å². The lowest BCUT2D eigenvalue weighted by Crippen LogP contribution is -1.90. The first-order valence-corrected chi connectivity index (χ1v) is 5.18. The molecule has 1 aromatic carbocycles. The quantitative estimate of drug-likeness (QED) is 0.611. The van der Waals surface area contributed by atoms with Gasteiger partial charge in [-0.15, -0.1) is 6.58 Å². The zero-order valence-electron chi connectivity index (χ0n) is 8.94. The number of allylic oxidation sites excluding steroid dienone is 1. The number of hydrogen-bond donors (Lipinski definition) is 1. The van der Waals surface area contributed by atoms with Gasteiger partial charge in [0.15, 0.2) is 6.29 Å². The summed E-state index contributed by atoms with van der Waals surface area (Å²) in [7, 11) is 0. The molecule has 80 valence electrons. The fourth-order valence-electron chi connectivity index (χ4n) is 1.83. The monoisotopic (exact) mass is 211 g/mol. The predicted octanol–water partition coefficient (Wildman–Crippen LogP) is 3.22. The smallest absolute Gasteiger partial charge is 0.166 e. The molecule has 2 aromatic rings. The third kappa shape index (κ3) is 1.82. The molecule has 0 spiro atoms. The molecule has 2 rings (SSSR count). The van der Waals surface area contributed by atoms with Crippen LogP contribution < -0.4 is 0 Å². The second-order valence-corrected chi connectivity index (χ2v) is 3.57. The minimum Gasteiger partial charge on any atom is -0.359 e. The van der Waals surface area contributed by atoms with Gasteiger partial charge in [-0.05, 0) is 23.6 Å². The highest BCUT2D eigenvalue weighted by Crippen LogP contribution is 2.26. The van der Waals surface area contributed by atoms with Crippen molar-refractivity contribution in [1.82, 2.24) is 4.98 Å². The second-order valence-electron chi connectivity index (χ2n) is 3.57. The second kappa shape index (κ2) is 4.62. The summed E-state index contributed by atoms with van der Waals surface area (Å²) in [4.78, 5) is 13.8. The first-order valence-electron chi connectivity index (χ1n) is 5.18. The third-order valence-corrected chi connectivity index (χ3v) is 2.57. The first kappa shape index (κ1) is 10.4. The fraction of sp³-hybridized carbons (Fsp3) is 0.0714. The third-order valence-electron chi connectivity index (χ3n) is 2.57. The number of carbonyl (C=O) groups is 1. The zero-order chi connectivity index (χ0) is 11.4. The van der Waals surface area contributed by atoms with Crippen LogP contribution in [0.25, 0.3) is 11.1 Å². The molecule has 0 aliphatic rings. The Morgan fingerprint density at radius 1 is 1.19 bits per heavy atom. The van der Waals surface area contributed by atoms with E-state index in [1.807, 2.05) is 30.3 Å². The maximum Gasteiger partial charge on any atom is 0.166 e. The van der Waals surface area contributed by atoms with Crippen molar-refractivity contribution in [3.05, 3.63) is 60.4 Å². The molecule has 0 bridgehead atoms. The van der Waals surface area contributed by atoms with Crippen LogP contribution in [0.15, 0.2) is 49.2 Å². The lowest BCUT2D eigenvalue weighted by atomic mass is 9.98. The molecule has 1 N–H and O–H groups in total. The number of H-pyrrole nitrogens is 1. The largest absolute Gasteiger partial charge is 0.359 e. The van der Waals surface area contributed by atoms with Crippen molar-refractivity contribution in [1.29, 1.82) is 0 Å². The van der Waals surface area contributed by atoms with Crippen molar-refractivity contribution in [3.8, 4) is 11.1 Å². The average Bonchev–Trinajstić information content (AvgIpc) is 2.78. The van der Waals surface area contributed by atoms with Crippen LogP contribution in [0.5, 0.6) is 0 Å². The van der Waals surface area contributed by atoms with Gasteiger partial charge in [0, 0.05) is 11.8 Å². The van der Waals surface area contributed by atoms with E-state index in [1.54, 1.807) is 6.20 Å². The summed E-state index contributed by atoms with van der Waals surface area (Å²) in [5, 5.41) is 0. The molecule has 0 saturated carbocycles. The molecular weight excluding hydrogens is 198 g/mol.